The Kier molecular flexibility index (Phi) is 7.12. The van der Waals surface area contributed by atoms with Crippen molar-refractivity contribution in [3.63, 3.8) is 0 Å². The van der Waals surface area contributed by atoms with Crippen LogP contribution in [-0.2, 0) is 9.53 Å². The molecule has 2 aliphatic rings. The number of amides is 2. The van der Waals surface area contributed by atoms with Crippen LogP contribution in [0.2, 0.25) is 0 Å². The molecule has 0 bridgehead atoms. The zero-order valence-corrected chi connectivity index (χ0v) is 18.5. The van der Waals surface area contributed by atoms with Crippen molar-refractivity contribution in [1.29, 1.82) is 0 Å². The molecule has 3 rings (SSSR count). The molecular formula is C23H31N5O3. The molecule has 2 heterocycles. The number of rotatable bonds is 5. The lowest BCUT2D eigenvalue weighted by atomic mass is 9.97. The van der Waals surface area contributed by atoms with E-state index in [1.807, 2.05) is 47.9 Å². The molecule has 31 heavy (non-hydrogen) atoms. The van der Waals surface area contributed by atoms with Crippen LogP contribution in [0.4, 0.5) is 10.5 Å². The maximum atomic E-state index is 12.8. The molecule has 0 aliphatic carbocycles. The minimum atomic E-state index is -0.548. The summed E-state index contributed by atoms with van der Waals surface area (Å²) in [4.78, 5) is 33.0. The van der Waals surface area contributed by atoms with Crippen LogP contribution in [0.1, 0.15) is 30.9 Å². The quantitative estimate of drug-likeness (QED) is 0.755. The van der Waals surface area contributed by atoms with Crippen molar-refractivity contribution < 1.29 is 14.3 Å². The highest BCUT2D eigenvalue weighted by Crippen LogP contribution is 2.31. The summed E-state index contributed by atoms with van der Waals surface area (Å²) >= 11 is 0. The Labute approximate surface area is 183 Å². The Morgan fingerprint density at radius 1 is 1.29 bits per heavy atom. The van der Waals surface area contributed by atoms with E-state index in [4.69, 9.17) is 15.5 Å². The van der Waals surface area contributed by atoms with Crippen LogP contribution in [-0.4, -0.2) is 60.9 Å². The van der Waals surface area contributed by atoms with Gasteiger partial charge in [-0.3, -0.25) is 10.1 Å². The molecule has 8 nitrogen and oxygen atoms in total. The Bertz CT molecular complexity index is 929. The lowest BCUT2D eigenvalue weighted by molar-refractivity contribution is -0.132. The van der Waals surface area contributed by atoms with Gasteiger partial charge in [-0.15, -0.1) is 0 Å². The zero-order chi connectivity index (χ0) is 22.5. The molecule has 0 saturated carbocycles. The standard InChI is InChI=1S/C23H31N5O3/c1-15-5-6-19(20(11-15)26-23(30)31-4)21-12-16(2)28(17(3)25-21)14-22(29)27-9-7-18(13-24)8-10-27/h5-6,11-12,18H,2,7-10,13-14,24H2,1,3-4H3,(H,26,30). The highest BCUT2D eigenvalue weighted by molar-refractivity contribution is 5.97. The molecule has 0 spiro atoms. The van der Waals surface area contributed by atoms with Crippen molar-refractivity contribution in [2.24, 2.45) is 16.6 Å². The number of amidine groups is 1. The summed E-state index contributed by atoms with van der Waals surface area (Å²) in [6.07, 6.45) is 3.18. The number of carbonyl (C=O) groups is 2. The van der Waals surface area contributed by atoms with Crippen LogP contribution in [0, 0.1) is 12.8 Å². The fourth-order valence-electron chi connectivity index (χ4n) is 3.86. The summed E-state index contributed by atoms with van der Waals surface area (Å²) in [7, 11) is 1.32. The van der Waals surface area contributed by atoms with Gasteiger partial charge in [-0.1, -0.05) is 18.7 Å². The van der Waals surface area contributed by atoms with E-state index in [2.05, 4.69) is 11.9 Å². The average molecular weight is 426 g/mol. The van der Waals surface area contributed by atoms with Gasteiger partial charge in [0.25, 0.3) is 0 Å². The number of benzene rings is 1. The van der Waals surface area contributed by atoms with Crippen LogP contribution < -0.4 is 11.1 Å². The van der Waals surface area contributed by atoms with Crippen LogP contribution in [0.15, 0.2) is 41.5 Å². The summed E-state index contributed by atoms with van der Waals surface area (Å²) < 4.78 is 4.73. The molecule has 1 aromatic rings. The normalized spacial score (nSPS) is 17.2. The molecule has 0 atom stereocenters. The number of hydrogen-bond acceptors (Lipinski definition) is 6. The van der Waals surface area contributed by atoms with Gasteiger partial charge in [0.05, 0.1) is 18.5 Å². The topological polar surface area (TPSA) is 100 Å². The lowest BCUT2D eigenvalue weighted by Crippen LogP contribution is -2.46. The van der Waals surface area contributed by atoms with Crippen molar-refractivity contribution >= 4 is 29.2 Å². The monoisotopic (exact) mass is 425 g/mol. The molecule has 2 aliphatic heterocycles. The van der Waals surface area contributed by atoms with Crippen molar-refractivity contribution in [2.75, 3.05) is 38.6 Å². The van der Waals surface area contributed by atoms with E-state index in [1.165, 1.54) is 7.11 Å². The second kappa shape index (κ2) is 9.78. The second-order valence-electron chi connectivity index (χ2n) is 7.99. The molecule has 0 aromatic heterocycles. The molecule has 1 aromatic carbocycles. The van der Waals surface area contributed by atoms with Crippen molar-refractivity contribution in [2.45, 2.75) is 26.7 Å². The SMILES string of the molecule is C=C1C=C(c2ccc(C)cc2NC(=O)OC)N=C(C)N1CC(=O)N1CCC(CN)CC1. The number of nitrogens with zero attached hydrogens (tertiary/aromatic N) is 3. The largest absolute Gasteiger partial charge is 0.453 e. The predicted octanol–water partition coefficient (Wildman–Crippen LogP) is 2.96. The van der Waals surface area contributed by atoms with Gasteiger partial charge in [0.15, 0.2) is 0 Å². The number of carbonyl (C=O) groups excluding carboxylic acids is 2. The van der Waals surface area contributed by atoms with Crippen molar-refractivity contribution in [3.05, 3.63) is 47.7 Å². The first-order valence-electron chi connectivity index (χ1n) is 10.5. The number of ether oxygens (including phenoxy) is 1. The molecule has 8 heteroatoms. The highest BCUT2D eigenvalue weighted by Gasteiger charge is 2.26. The number of allylic oxidation sites excluding steroid dienone is 1. The summed E-state index contributed by atoms with van der Waals surface area (Å²) in [5, 5.41) is 2.74. The van der Waals surface area contributed by atoms with Gasteiger partial charge in [0.2, 0.25) is 5.91 Å². The van der Waals surface area contributed by atoms with E-state index < -0.39 is 6.09 Å². The molecule has 2 amide bonds. The van der Waals surface area contributed by atoms with Gasteiger partial charge < -0.3 is 20.3 Å². The van der Waals surface area contributed by atoms with Crippen molar-refractivity contribution in [1.82, 2.24) is 9.80 Å². The third kappa shape index (κ3) is 5.32. The molecule has 0 unspecified atom stereocenters. The van der Waals surface area contributed by atoms with Crippen LogP contribution >= 0.6 is 0 Å². The number of methoxy groups -OCH3 is 1. The van der Waals surface area contributed by atoms with Gasteiger partial charge in [-0.25, -0.2) is 9.79 Å². The second-order valence-corrected chi connectivity index (χ2v) is 7.99. The number of likely N-dealkylation sites (tertiary alicyclic amines) is 1. The maximum Gasteiger partial charge on any atom is 0.411 e. The van der Waals surface area contributed by atoms with E-state index in [0.29, 0.717) is 35.4 Å². The predicted molar refractivity (Wildman–Crippen MR) is 122 cm³/mol. The van der Waals surface area contributed by atoms with Crippen LogP contribution in [0.25, 0.3) is 5.70 Å². The molecule has 3 N–H and O–H groups in total. The molecular weight excluding hydrogens is 394 g/mol. The smallest absolute Gasteiger partial charge is 0.411 e. The fraction of sp³-hybridized carbons (Fsp3) is 0.435. The minimum Gasteiger partial charge on any atom is -0.453 e. The van der Waals surface area contributed by atoms with Gasteiger partial charge in [-0.05, 0) is 56.9 Å². The first kappa shape index (κ1) is 22.6. The summed E-state index contributed by atoms with van der Waals surface area (Å²) in [5.74, 6) is 1.24. The Balaban J connectivity index is 1.74. The highest BCUT2D eigenvalue weighted by atomic mass is 16.5. The molecule has 166 valence electrons. The average Bonchev–Trinajstić information content (AvgIpc) is 2.76. The number of anilines is 1. The number of aliphatic imine (C=N–C) groups is 1. The van der Waals surface area contributed by atoms with E-state index in [-0.39, 0.29) is 12.5 Å². The van der Waals surface area contributed by atoms with E-state index in [9.17, 15) is 9.59 Å². The van der Waals surface area contributed by atoms with Crippen LogP contribution in [0.5, 0.6) is 0 Å². The van der Waals surface area contributed by atoms with E-state index >= 15 is 0 Å². The maximum absolute atomic E-state index is 12.8. The number of hydrogen-bond donors (Lipinski definition) is 2. The lowest BCUT2D eigenvalue weighted by Gasteiger charge is -2.34. The number of nitrogens with one attached hydrogen (secondary N) is 1. The molecule has 0 radical (unpaired) electrons. The fourth-order valence-corrected chi connectivity index (χ4v) is 3.86. The van der Waals surface area contributed by atoms with Crippen LogP contribution in [0.3, 0.4) is 0 Å². The zero-order valence-electron chi connectivity index (χ0n) is 18.5. The minimum absolute atomic E-state index is 0.0615. The van der Waals surface area contributed by atoms with E-state index in [1.54, 1.807) is 0 Å². The number of nitrogens with two attached hydrogens (primary N) is 1. The first-order valence-corrected chi connectivity index (χ1v) is 10.5. The van der Waals surface area contributed by atoms with Gasteiger partial charge in [0, 0.05) is 24.4 Å². The van der Waals surface area contributed by atoms with Gasteiger partial charge in [0.1, 0.15) is 12.4 Å². The summed E-state index contributed by atoms with van der Waals surface area (Å²) in [5.41, 5.74) is 9.45. The van der Waals surface area contributed by atoms with Gasteiger partial charge in [-0.2, -0.15) is 0 Å². The Morgan fingerprint density at radius 3 is 2.61 bits per heavy atom. The molecule has 1 saturated heterocycles. The third-order valence-electron chi connectivity index (χ3n) is 5.79. The molecule has 1 fully saturated rings. The number of aryl methyl sites for hydroxylation is 1. The Morgan fingerprint density at radius 2 is 2.00 bits per heavy atom. The summed E-state index contributed by atoms with van der Waals surface area (Å²) in [6, 6.07) is 5.72. The summed E-state index contributed by atoms with van der Waals surface area (Å²) in [6.45, 7) is 10.3. The van der Waals surface area contributed by atoms with Crippen molar-refractivity contribution in [3.8, 4) is 0 Å². The van der Waals surface area contributed by atoms with Gasteiger partial charge >= 0.3 is 6.09 Å². The number of piperidine rings is 1. The third-order valence-corrected chi connectivity index (χ3v) is 5.79. The van der Waals surface area contributed by atoms with E-state index in [0.717, 1.165) is 37.1 Å². The Hall–Kier alpha value is -3.13. The first-order chi connectivity index (χ1) is 14.8.